The summed E-state index contributed by atoms with van der Waals surface area (Å²) in [5.41, 5.74) is -0.675. The SMILES string of the molecule is C=C(C)C(=O)OCC(C)(C)COC(=O)C(=C)CCC(F)(F)F. The van der Waals surface area contributed by atoms with E-state index in [1.807, 2.05) is 0 Å². The first kappa shape index (κ1) is 20.2. The summed E-state index contributed by atoms with van der Waals surface area (Å²) in [6, 6.07) is 0. The van der Waals surface area contributed by atoms with Gasteiger partial charge in [-0.2, -0.15) is 13.2 Å². The van der Waals surface area contributed by atoms with Gasteiger partial charge in [0.25, 0.3) is 0 Å². The number of esters is 2. The van der Waals surface area contributed by atoms with Crippen molar-refractivity contribution in [1.29, 1.82) is 0 Å². The summed E-state index contributed by atoms with van der Waals surface area (Å²) in [4.78, 5) is 22.8. The minimum absolute atomic E-state index is 0.0129. The standard InChI is InChI=1S/C15H21F3O4/c1-10(2)12(19)21-8-14(4,5)9-22-13(20)11(3)6-7-15(16,17)18/h1,3,6-9H2,2,4-5H3. The molecular weight excluding hydrogens is 301 g/mol. The van der Waals surface area contributed by atoms with Crippen LogP contribution in [-0.2, 0) is 19.1 Å². The molecule has 0 aromatic rings. The van der Waals surface area contributed by atoms with E-state index in [-0.39, 0.29) is 24.4 Å². The lowest BCUT2D eigenvalue weighted by Crippen LogP contribution is -2.29. The molecule has 22 heavy (non-hydrogen) atoms. The Hall–Kier alpha value is -1.79. The summed E-state index contributed by atoms with van der Waals surface area (Å²) in [5.74, 6) is -1.45. The highest BCUT2D eigenvalue weighted by Crippen LogP contribution is 2.24. The van der Waals surface area contributed by atoms with Crippen LogP contribution in [0, 0.1) is 5.41 Å². The van der Waals surface area contributed by atoms with Gasteiger partial charge >= 0.3 is 18.1 Å². The van der Waals surface area contributed by atoms with E-state index in [2.05, 4.69) is 13.2 Å². The Bertz CT molecular complexity index is 450. The molecule has 0 N–H and O–H groups in total. The molecule has 7 heteroatoms. The highest BCUT2D eigenvalue weighted by molar-refractivity contribution is 5.87. The van der Waals surface area contributed by atoms with Gasteiger partial charge in [-0.25, -0.2) is 9.59 Å². The third kappa shape index (κ3) is 9.20. The van der Waals surface area contributed by atoms with Crippen LogP contribution in [0.2, 0.25) is 0 Å². The van der Waals surface area contributed by atoms with Gasteiger partial charge in [0.2, 0.25) is 0 Å². The summed E-state index contributed by atoms with van der Waals surface area (Å²) >= 11 is 0. The molecule has 126 valence electrons. The third-order valence-corrected chi connectivity index (χ3v) is 2.54. The van der Waals surface area contributed by atoms with Gasteiger partial charge in [-0.15, -0.1) is 0 Å². The quantitative estimate of drug-likeness (QED) is 0.506. The predicted molar refractivity (Wildman–Crippen MR) is 74.9 cm³/mol. The zero-order valence-electron chi connectivity index (χ0n) is 13.0. The van der Waals surface area contributed by atoms with Crippen LogP contribution in [0.25, 0.3) is 0 Å². The molecule has 4 nitrogen and oxygen atoms in total. The fraction of sp³-hybridized carbons (Fsp3) is 0.600. The van der Waals surface area contributed by atoms with Crippen molar-refractivity contribution in [2.75, 3.05) is 13.2 Å². The molecular formula is C15H21F3O4. The first-order valence-corrected chi connectivity index (χ1v) is 6.58. The number of ether oxygens (including phenoxy) is 2. The van der Waals surface area contributed by atoms with Gasteiger partial charge in [-0.3, -0.25) is 0 Å². The van der Waals surface area contributed by atoms with Crippen LogP contribution in [-0.4, -0.2) is 31.3 Å². The lowest BCUT2D eigenvalue weighted by Gasteiger charge is -2.24. The van der Waals surface area contributed by atoms with E-state index in [1.54, 1.807) is 13.8 Å². The number of carbonyl (C=O) groups excluding carboxylic acids is 2. The summed E-state index contributed by atoms with van der Waals surface area (Å²) in [6.07, 6.45) is -5.98. The van der Waals surface area contributed by atoms with E-state index in [1.165, 1.54) is 6.92 Å². The minimum Gasteiger partial charge on any atom is -0.462 e. The molecule has 0 aliphatic carbocycles. The first-order chi connectivity index (χ1) is 9.84. The van der Waals surface area contributed by atoms with Crippen LogP contribution in [0.4, 0.5) is 13.2 Å². The minimum atomic E-state index is -4.35. The smallest absolute Gasteiger partial charge is 0.389 e. The average Bonchev–Trinajstić information content (AvgIpc) is 2.38. The number of alkyl halides is 3. The molecule has 0 heterocycles. The molecule has 0 rings (SSSR count). The predicted octanol–water partition coefficient (Wildman–Crippen LogP) is 3.57. The Labute approximate surface area is 128 Å². The van der Waals surface area contributed by atoms with Gasteiger partial charge in [0.05, 0.1) is 13.2 Å². The number of carbonyl (C=O) groups is 2. The molecule has 0 fully saturated rings. The van der Waals surface area contributed by atoms with Crippen molar-refractivity contribution in [3.63, 3.8) is 0 Å². The summed E-state index contributed by atoms with van der Waals surface area (Å²) in [6.45, 7) is 11.5. The highest BCUT2D eigenvalue weighted by atomic mass is 19.4. The Morgan fingerprint density at radius 2 is 1.45 bits per heavy atom. The molecule has 0 aliphatic heterocycles. The molecule has 0 saturated carbocycles. The molecule has 0 aliphatic rings. The monoisotopic (exact) mass is 322 g/mol. The van der Waals surface area contributed by atoms with Gasteiger partial charge in [0.15, 0.2) is 0 Å². The lowest BCUT2D eigenvalue weighted by atomic mass is 9.96. The van der Waals surface area contributed by atoms with Crippen LogP contribution in [0.1, 0.15) is 33.6 Å². The largest absolute Gasteiger partial charge is 0.462 e. The van der Waals surface area contributed by atoms with Crippen LogP contribution >= 0.6 is 0 Å². The second kappa shape index (κ2) is 8.00. The van der Waals surface area contributed by atoms with Crippen molar-refractivity contribution in [3.05, 3.63) is 24.3 Å². The molecule has 0 aromatic heterocycles. The van der Waals surface area contributed by atoms with E-state index < -0.39 is 36.4 Å². The molecule has 0 amide bonds. The fourth-order valence-corrected chi connectivity index (χ4v) is 1.18. The van der Waals surface area contributed by atoms with Crippen LogP contribution in [0.5, 0.6) is 0 Å². The van der Waals surface area contributed by atoms with Crippen molar-refractivity contribution in [2.24, 2.45) is 5.41 Å². The van der Waals surface area contributed by atoms with Crippen molar-refractivity contribution >= 4 is 11.9 Å². The van der Waals surface area contributed by atoms with E-state index >= 15 is 0 Å². The van der Waals surface area contributed by atoms with E-state index in [9.17, 15) is 22.8 Å². The number of halogens is 3. The van der Waals surface area contributed by atoms with Crippen molar-refractivity contribution in [1.82, 2.24) is 0 Å². The number of rotatable bonds is 8. The Morgan fingerprint density at radius 1 is 1.00 bits per heavy atom. The Kier molecular flexibility index (Phi) is 7.35. The molecule has 0 atom stereocenters. The molecule has 0 radical (unpaired) electrons. The van der Waals surface area contributed by atoms with Crippen molar-refractivity contribution in [3.8, 4) is 0 Å². The number of hydrogen-bond donors (Lipinski definition) is 0. The molecule has 0 spiro atoms. The van der Waals surface area contributed by atoms with E-state index in [0.717, 1.165) is 0 Å². The summed E-state index contributed by atoms with van der Waals surface area (Å²) < 4.78 is 46.0. The zero-order chi connectivity index (χ0) is 17.6. The second-order valence-electron chi connectivity index (χ2n) is 5.82. The van der Waals surface area contributed by atoms with E-state index in [0.29, 0.717) is 0 Å². The Balaban J connectivity index is 4.23. The van der Waals surface area contributed by atoms with Gasteiger partial charge in [0.1, 0.15) is 0 Å². The van der Waals surface area contributed by atoms with Crippen molar-refractivity contribution < 1.29 is 32.2 Å². The normalized spacial score (nSPS) is 11.7. The average molecular weight is 322 g/mol. The van der Waals surface area contributed by atoms with Gasteiger partial charge in [-0.1, -0.05) is 27.0 Å². The van der Waals surface area contributed by atoms with Gasteiger partial charge < -0.3 is 9.47 Å². The first-order valence-electron chi connectivity index (χ1n) is 6.58. The maximum Gasteiger partial charge on any atom is 0.389 e. The molecule has 0 unspecified atom stereocenters. The molecule has 0 bridgehead atoms. The molecule has 0 saturated heterocycles. The summed E-state index contributed by atoms with van der Waals surface area (Å²) in [7, 11) is 0. The summed E-state index contributed by atoms with van der Waals surface area (Å²) in [5, 5.41) is 0. The molecule has 0 aromatic carbocycles. The zero-order valence-corrected chi connectivity index (χ0v) is 13.0. The van der Waals surface area contributed by atoms with E-state index in [4.69, 9.17) is 9.47 Å². The third-order valence-electron chi connectivity index (χ3n) is 2.54. The topological polar surface area (TPSA) is 52.6 Å². The lowest BCUT2D eigenvalue weighted by molar-refractivity contribution is -0.148. The Morgan fingerprint density at radius 3 is 1.86 bits per heavy atom. The maximum absolute atomic E-state index is 12.0. The van der Waals surface area contributed by atoms with Gasteiger partial charge in [0, 0.05) is 23.0 Å². The fourth-order valence-electron chi connectivity index (χ4n) is 1.18. The highest BCUT2D eigenvalue weighted by Gasteiger charge is 2.29. The van der Waals surface area contributed by atoms with Gasteiger partial charge in [-0.05, 0) is 13.3 Å². The van der Waals surface area contributed by atoms with Crippen LogP contribution in [0.3, 0.4) is 0 Å². The van der Waals surface area contributed by atoms with Crippen molar-refractivity contribution in [2.45, 2.75) is 39.8 Å². The maximum atomic E-state index is 12.0. The number of hydrogen-bond acceptors (Lipinski definition) is 4. The van der Waals surface area contributed by atoms with Crippen LogP contribution in [0.15, 0.2) is 24.3 Å². The second-order valence-corrected chi connectivity index (χ2v) is 5.82. The van der Waals surface area contributed by atoms with Crippen LogP contribution < -0.4 is 0 Å².